The van der Waals surface area contributed by atoms with Gasteiger partial charge in [-0.05, 0) is 25.5 Å². The van der Waals surface area contributed by atoms with Gasteiger partial charge >= 0.3 is 0 Å². The van der Waals surface area contributed by atoms with Crippen LogP contribution < -0.4 is 5.73 Å². The summed E-state index contributed by atoms with van der Waals surface area (Å²) in [6.07, 6.45) is 1.57. The first-order valence-electron chi connectivity index (χ1n) is 5.84. The number of hydrogen-bond acceptors (Lipinski definition) is 4. The molecule has 0 saturated carbocycles. The van der Waals surface area contributed by atoms with Gasteiger partial charge in [0, 0.05) is 18.0 Å². The van der Waals surface area contributed by atoms with Crippen LogP contribution >= 0.6 is 0 Å². The molecule has 90 valence electrons. The minimum Gasteiger partial charge on any atom is -0.334 e. The van der Waals surface area contributed by atoms with Crippen LogP contribution in [0.4, 0.5) is 0 Å². The number of benzene rings is 1. The number of aryl methyl sites for hydroxylation is 1. The Morgan fingerprint density at radius 2 is 2.24 bits per heavy atom. The zero-order valence-electron chi connectivity index (χ0n) is 10.2. The predicted molar refractivity (Wildman–Crippen MR) is 66.4 cm³/mol. The minimum atomic E-state index is 0.0953. The molecule has 2 N–H and O–H groups in total. The van der Waals surface area contributed by atoms with Gasteiger partial charge in [-0.25, -0.2) is 0 Å². The molecule has 0 aliphatic rings. The lowest BCUT2D eigenvalue weighted by Gasteiger charge is -2.02. The zero-order chi connectivity index (χ0) is 12.3. The summed E-state index contributed by atoms with van der Waals surface area (Å²) in [5, 5.41) is 3.94. The second-order valence-corrected chi connectivity index (χ2v) is 4.26. The van der Waals surface area contributed by atoms with Crippen molar-refractivity contribution in [3.63, 3.8) is 0 Å². The molecule has 17 heavy (non-hydrogen) atoms. The Hall–Kier alpha value is -1.68. The van der Waals surface area contributed by atoms with Crippen molar-refractivity contribution in [1.29, 1.82) is 0 Å². The average Bonchev–Trinajstić information content (AvgIpc) is 2.77. The Labute approximate surface area is 101 Å². The van der Waals surface area contributed by atoms with E-state index >= 15 is 0 Å². The predicted octanol–water partition coefficient (Wildman–Crippen LogP) is 2.32. The summed E-state index contributed by atoms with van der Waals surface area (Å²) in [7, 11) is 0. The Morgan fingerprint density at radius 1 is 1.41 bits per heavy atom. The Kier molecular flexibility index (Phi) is 3.54. The SMILES string of the molecule is CCC(N)Cc1noc(-c2cccc(C)c2)n1. The van der Waals surface area contributed by atoms with Crippen LogP contribution in [-0.4, -0.2) is 16.2 Å². The lowest BCUT2D eigenvalue weighted by atomic mass is 10.1. The van der Waals surface area contributed by atoms with Crippen LogP contribution in [0.1, 0.15) is 24.7 Å². The van der Waals surface area contributed by atoms with Crippen molar-refractivity contribution >= 4 is 0 Å². The van der Waals surface area contributed by atoms with Crippen LogP contribution in [0.5, 0.6) is 0 Å². The summed E-state index contributed by atoms with van der Waals surface area (Å²) in [5.41, 5.74) is 7.98. The molecule has 0 bridgehead atoms. The van der Waals surface area contributed by atoms with Crippen molar-refractivity contribution in [1.82, 2.24) is 10.1 Å². The molecule has 0 radical (unpaired) electrons. The second-order valence-electron chi connectivity index (χ2n) is 4.26. The van der Waals surface area contributed by atoms with Crippen LogP contribution in [0, 0.1) is 6.92 Å². The van der Waals surface area contributed by atoms with Gasteiger partial charge in [-0.3, -0.25) is 0 Å². The third-order valence-corrected chi connectivity index (χ3v) is 2.70. The molecule has 4 heteroatoms. The molecular formula is C13H17N3O. The molecule has 0 spiro atoms. The highest BCUT2D eigenvalue weighted by atomic mass is 16.5. The lowest BCUT2D eigenvalue weighted by Crippen LogP contribution is -2.21. The summed E-state index contributed by atoms with van der Waals surface area (Å²) in [6.45, 7) is 4.08. The molecule has 0 amide bonds. The third kappa shape index (κ3) is 2.91. The van der Waals surface area contributed by atoms with E-state index in [2.05, 4.69) is 10.1 Å². The van der Waals surface area contributed by atoms with E-state index in [1.54, 1.807) is 0 Å². The summed E-state index contributed by atoms with van der Waals surface area (Å²) < 4.78 is 5.23. The molecule has 0 aliphatic heterocycles. The van der Waals surface area contributed by atoms with Gasteiger partial charge < -0.3 is 10.3 Å². The van der Waals surface area contributed by atoms with Gasteiger partial charge in [0.2, 0.25) is 0 Å². The zero-order valence-corrected chi connectivity index (χ0v) is 10.2. The van der Waals surface area contributed by atoms with Gasteiger partial charge in [0.15, 0.2) is 5.82 Å². The standard InChI is InChI=1S/C13H17N3O/c1-3-11(14)8-12-15-13(17-16-12)10-6-4-5-9(2)7-10/h4-7,11H,3,8,14H2,1-2H3. The Morgan fingerprint density at radius 3 is 2.94 bits per heavy atom. The maximum absolute atomic E-state index is 5.86. The first-order chi connectivity index (χ1) is 8.19. The number of rotatable bonds is 4. The highest BCUT2D eigenvalue weighted by Gasteiger charge is 2.11. The van der Waals surface area contributed by atoms with E-state index in [4.69, 9.17) is 10.3 Å². The molecule has 0 fully saturated rings. The molecule has 0 aliphatic carbocycles. The summed E-state index contributed by atoms with van der Waals surface area (Å²) in [5.74, 6) is 1.24. The van der Waals surface area contributed by atoms with Gasteiger partial charge in [-0.15, -0.1) is 0 Å². The van der Waals surface area contributed by atoms with E-state index in [1.165, 1.54) is 5.56 Å². The third-order valence-electron chi connectivity index (χ3n) is 2.70. The van der Waals surface area contributed by atoms with E-state index in [0.717, 1.165) is 12.0 Å². The molecule has 1 aromatic heterocycles. The number of aromatic nitrogens is 2. The second kappa shape index (κ2) is 5.10. The molecule has 1 heterocycles. The smallest absolute Gasteiger partial charge is 0.257 e. The highest BCUT2D eigenvalue weighted by Crippen LogP contribution is 2.18. The Balaban J connectivity index is 2.18. The van der Waals surface area contributed by atoms with E-state index in [0.29, 0.717) is 18.1 Å². The highest BCUT2D eigenvalue weighted by molar-refractivity contribution is 5.53. The van der Waals surface area contributed by atoms with Gasteiger partial charge in [-0.1, -0.05) is 29.8 Å². The van der Waals surface area contributed by atoms with E-state index in [9.17, 15) is 0 Å². The number of nitrogens with two attached hydrogens (primary N) is 1. The largest absolute Gasteiger partial charge is 0.334 e. The summed E-state index contributed by atoms with van der Waals surface area (Å²) >= 11 is 0. The lowest BCUT2D eigenvalue weighted by molar-refractivity contribution is 0.419. The Bertz CT molecular complexity index is 493. The number of hydrogen-bond donors (Lipinski definition) is 1. The monoisotopic (exact) mass is 231 g/mol. The van der Waals surface area contributed by atoms with Crippen molar-refractivity contribution in [2.45, 2.75) is 32.7 Å². The molecule has 0 saturated heterocycles. The van der Waals surface area contributed by atoms with Crippen molar-refractivity contribution in [3.8, 4) is 11.5 Å². The quantitative estimate of drug-likeness (QED) is 0.877. The van der Waals surface area contributed by atoms with Gasteiger partial charge in [0.05, 0.1) is 0 Å². The van der Waals surface area contributed by atoms with Crippen molar-refractivity contribution in [2.24, 2.45) is 5.73 Å². The van der Waals surface area contributed by atoms with Crippen LogP contribution in [0.3, 0.4) is 0 Å². The molecule has 1 atom stereocenters. The van der Waals surface area contributed by atoms with Crippen LogP contribution in [0.2, 0.25) is 0 Å². The topological polar surface area (TPSA) is 64.9 Å². The van der Waals surface area contributed by atoms with Gasteiger partial charge in [0.25, 0.3) is 5.89 Å². The first-order valence-corrected chi connectivity index (χ1v) is 5.84. The van der Waals surface area contributed by atoms with Gasteiger partial charge in [0.1, 0.15) is 0 Å². The molecule has 2 aromatic rings. The molecule has 4 nitrogen and oxygen atoms in total. The molecular weight excluding hydrogens is 214 g/mol. The fraction of sp³-hybridized carbons (Fsp3) is 0.385. The molecule has 2 rings (SSSR count). The minimum absolute atomic E-state index is 0.0953. The van der Waals surface area contributed by atoms with Crippen LogP contribution in [0.25, 0.3) is 11.5 Å². The normalized spacial score (nSPS) is 12.6. The van der Waals surface area contributed by atoms with E-state index in [-0.39, 0.29) is 6.04 Å². The number of nitrogens with zero attached hydrogens (tertiary/aromatic N) is 2. The molecule has 1 unspecified atom stereocenters. The van der Waals surface area contributed by atoms with E-state index < -0.39 is 0 Å². The summed E-state index contributed by atoms with van der Waals surface area (Å²) in [4.78, 5) is 4.35. The fourth-order valence-corrected chi connectivity index (χ4v) is 1.61. The maximum atomic E-state index is 5.86. The van der Waals surface area contributed by atoms with Crippen LogP contribution in [0.15, 0.2) is 28.8 Å². The first kappa shape index (κ1) is 11.8. The summed E-state index contributed by atoms with van der Waals surface area (Å²) in [6, 6.07) is 8.10. The average molecular weight is 231 g/mol. The van der Waals surface area contributed by atoms with E-state index in [1.807, 2.05) is 38.1 Å². The van der Waals surface area contributed by atoms with Crippen LogP contribution in [-0.2, 0) is 6.42 Å². The van der Waals surface area contributed by atoms with Gasteiger partial charge in [-0.2, -0.15) is 4.98 Å². The molecule has 1 aromatic carbocycles. The van der Waals surface area contributed by atoms with Crippen molar-refractivity contribution in [2.75, 3.05) is 0 Å². The van der Waals surface area contributed by atoms with Crippen molar-refractivity contribution < 1.29 is 4.52 Å². The van der Waals surface area contributed by atoms with Crippen molar-refractivity contribution in [3.05, 3.63) is 35.7 Å². The maximum Gasteiger partial charge on any atom is 0.257 e. The fourth-order valence-electron chi connectivity index (χ4n) is 1.61.